The van der Waals surface area contributed by atoms with Gasteiger partial charge in [0.2, 0.25) is 0 Å². The summed E-state index contributed by atoms with van der Waals surface area (Å²) >= 11 is 0. The summed E-state index contributed by atoms with van der Waals surface area (Å²) in [5.41, 5.74) is 8.09. The molecule has 172 valence electrons. The van der Waals surface area contributed by atoms with Crippen LogP contribution >= 0.6 is 0 Å². The van der Waals surface area contributed by atoms with Gasteiger partial charge in [-0.15, -0.1) is 0 Å². The van der Waals surface area contributed by atoms with Crippen LogP contribution in [0.15, 0.2) is 78.2 Å². The Bertz CT molecular complexity index is 1370. The number of aliphatic carboxylic acids is 1. The molecule has 0 aliphatic rings. The van der Waals surface area contributed by atoms with Crippen LogP contribution in [0, 0.1) is 5.41 Å². The number of nitrogens with zero attached hydrogens (tertiary/aromatic N) is 2. The number of aromatic nitrogens is 2. The molecule has 0 unspecified atom stereocenters. The van der Waals surface area contributed by atoms with Gasteiger partial charge in [-0.05, 0) is 28.8 Å². The smallest absolute Gasteiger partial charge is 0.320 e. The van der Waals surface area contributed by atoms with Gasteiger partial charge in [-0.1, -0.05) is 68.4 Å². The van der Waals surface area contributed by atoms with Crippen LogP contribution in [0.5, 0.6) is 0 Å². The normalized spacial score (nSPS) is 12.8. The highest BCUT2D eigenvalue weighted by Crippen LogP contribution is 2.41. The van der Waals surface area contributed by atoms with Crippen molar-refractivity contribution in [3.63, 3.8) is 0 Å². The molecule has 0 aliphatic carbocycles. The molecular weight excluding hydrogens is 428 g/mol. The van der Waals surface area contributed by atoms with Crippen molar-refractivity contribution >= 4 is 34.4 Å². The van der Waals surface area contributed by atoms with Crippen molar-refractivity contribution < 1.29 is 14.7 Å². The number of aromatic amines is 1. The van der Waals surface area contributed by atoms with Gasteiger partial charge < -0.3 is 15.8 Å². The number of H-pyrrole nitrogens is 1. The van der Waals surface area contributed by atoms with E-state index in [-0.39, 0.29) is 12.2 Å². The van der Waals surface area contributed by atoms with Crippen LogP contribution in [0.4, 0.5) is 5.69 Å². The molecule has 0 amide bonds. The second-order valence-corrected chi connectivity index (χ2v) is 8.84. The minimum absolute atomic E-state index is 0.0108. The molecule has 7 heteroatoms. The van der Waals surface area contributed by atoms with Gasteiger partial charge in [-0.2, -0.15) is 0 Å². The summed E-state index contributed by atoms with van der Waals surface area (Å²) in [5, 5.41) is 11.3. The van der Waals surface area contributed by atoms with Crippen LogP contribution in [0.25, 0.3) is 21.9 Å². The Morgan fingerprint density at radius 2 is 1.85 bits per heavy atom. The van der Waals surface area contributed by atoms with E-state index in [0.29, 0.717) is 22.5 Å². The van der Waals surface area contributed by atoms with Crippen molar-refractivity contribution in [2.45, 2.75) is 26.3 Å². The maximum absolute atomic E-state index is 13.8. The molecule has 1 aromatic heterocycles. The van der Waals surface area contributed by atoms with E-state index in [1.165, 1.54) is 0 Å². The summed E-state index contributed by atoms with van der Waals surface area (Å²) < 4.78 is 0. The zero-order valence-corrected chi connectivity index (χ0v) is 19.0. The van der Waals surface area contributed by atoms with E-state index in [2.05, 4.69) is 15.0 Å². The average Bonchev–Trinajstić information content (AvgIpc) is 3.35. The number of benzene rings is 3. The van der Waals surface area contributed by atoms with Crippen molar-refractivity contribution in [3.8, 4) is 11.1 Å². The molecule has 0 fully saturated rings. The summed E-state index contributed by atoms with van der Waals surface area (Å²) in [6.45, 7) is 3.45. The molecule has 3 aromatic carbocycles. The second kappa shape index (κ2) is 9.41. The standard InChI is InChI=1S/C27H26N4O3/c1-27(2,13-22(28)26(33)34)25(32)21-11-6-12-23(30-15-18-14-29-16-31-18)24(21)20-10-5-8-17-7-3-4-9-19(17)20/h3-12,14-16,22H,13,28H2,1-2H3,(H,29,31)(H,33,34)/t22-/m0/s1. The third-order valence-electron chi connectivity index (χ3n) is 5.86. The van der Waals surface area contributed by atoms with Crippen LogP contribution in [0.2, 0.25) is 0 Å². The number of carboxylic acid groups (broad SMARTS) is 1. The number of carboxylic acids is 1. The lowest BCUT2D eigenvalue weighted by Crippen LogP contribution is -2.38. The minimum atomic E-state index is -1.14. The van der Waals surface area contributed by atoms with Gasteiger partial charge in [0, 0.05) is 22.7 Å². The number of fused-ring (bicyclic) bond motifs is 1. The van der Waals surface area contributed by atoms with E-state index in [4.69, 9.17) is 5.73 Å². The third kappa shape index (κ3) is 4.65. The number of hydrogen-bond acceptors (Lipinski definition) is 5. The number of aliphatic imine (C=N–C) groups is 1. The Morgan fingerprint density at radius 1 is 1.12 bits per heavy atom. The van der Waals surface area contributed by atoms with Crippen molar-refractivity contribution in [1.29, 1.82) is 0 Å². The quantitative estimate of drug-likeness (QED) is 0.256. The SMILES string of the molecule is CC(C)(C[C@H](N)C(=O)O)C(=O)c1cccc(N=Cc2c[nH]cn2)c1-c1cccc2ccccc12. The summed E-state index contributed by atoms with van der Waals surface area (Å²) in [6, 6.07) is 18.2. The molecule has 4 aromatic rings. The zero-order chi connectivity index (χ0) is 24.3. The predicted octanol–water partition coefficient (Wildman–Crippen LogP) is 4.99. The Labute approximate surface area is 197 Å². The van der Waals surface area contributed by atoms with Crippen molar-refractivity contribution in [2.24, 2.45) is 16.1 Å². The van der Waals surface area contributed by atoms with Gasteiger partial charge in [-0.3, -0.25) is 14.6 Å². The molecule has 0 radical (unpaired) electrons. The van der Waals surface area contributed by atoms with E-state index in [1.807, 2.05) is 48.5 Å². The molecule has 7 nitrogen and oxygen atoms in total. The van der Waals surface area contributed by atoms with Gasteiger partial charge >= 0.3 is 5.97 Å². The Kier molecular flexibility index (Phi) is 6.38. The number of Topliss-reactive ketones (excluding diaryl/α,β-unsaturated/α-hetero) is 1. The van der Waals surface area contributed by atoms with Gasteiger partial charge in [-0.25, -0.2) is 4.98 Å². The number of ketones is 1. The Morgan fingerprint density at radius 3 is 2.59 bits per heavy atom. The van der Waals surface area contributed by atoms with E-state index in [0.717, 1.165) is 16.3 Å². The maximum Gasteiger partial charge on any atom is 0.320 e. The van der Waals surface area contributed by atoms with Crippen LogP contribution in [0.3, 0.4) is 0 Å². The lowest BCUT2D eigenvalue weighted by atomic mass is 9.77. The number of nitrogens with two attached hydrogens (primary N) is 1. The molecule has 0 saturated carbocycles. The van der Waals surface area contributed by atoms with Gasteiger partial charge in [0.15, 0.2) is 5.78 Å². The first-order valence-electron chi connectivity index (χ1n) is 10.9. The topological polar surface area (TPSA) is 121 Å². The molecule has 0 bridgehead atoms. The van der Waals surface area contributed by atoms with Crippen LogP contribution < -0.4 is 5.73 Å². The number of hydrogen-bond donors (Lipinski definition) is 3. The molecule has 1 atom stereocenters. The lowest BCUT2D eigenvalue weighted by Gasteiger charge is -2.26. The lowest BCUT2D eigenvalue weighted by molar-refractivity contribution is -0.139. The number of nitrogens with one attached hydrogen (secondary N) is 1. The molecular formula is C27H26N4O3. The van der Waals surface area contributed by atoms with Crippen molar-refractivity contribution in [3.05, 3.63) is 84.4 Å². The fourth-order valence-electron chi connectivity index (χ4n) is 4.14. The molecule has 4 rings (SSSR count). The first-order chi connectivity index (χ1) is 16.3. The highest BCUT2D eigenvalue weighted by Gasteiger charge is 2.34. The monoisotopic (exact) mass is 454 g/mol. The fraction of sp³-hybridized carbons (Fsp3) is 0.185. The summed E-state index contributed by atoms with van der Waals surface area (Å²) in [5.74, 6) is -1.32. The highest BCUT2D eigenvalue weighted by molar-refractivity contribution is 6.11. The summed E-state index contributed by atoms with van der Waals surface area (Å²) in [6.07, 6.45) is 4.95. The van der Waals surface area contributed by atoms with Gasteiger partial charge in [0.25, 0.3) is 0 Å². The Balaban J connectivity index is 1.91. The Hall–Kier alpha value is -4.10. The highest BCUT2D eigenvalue weighted by atomic mass is 16.4. The summed E-state index contributed by atoms with van der Waals surface area (Å²) in [7, 11) is 0. The molecule has 1 heterocycles. The molecule has 4 N–H and O–H groups in total. The fourth-order valence-corrected chi connectivity index (χ4v) is 4.14. The van der Waals surface area contributed by atoms with Crippen LogP contribution in [-0.4, -0.2) is 39.1 Å². The summed E-state index contributed by atoms with van der Waals surface area (Å²) in [4.78, 5) is 36.9. The van der Waals surface area contributed by atoms with Crippen molar-refractivity contribution in [1.82, 2.24) is 9.97 Å². The molecule has 0 saturated heterocycles. The molecule has 34 heavy (non-hydrogen) atoms. The molecule has 0 spiro atoms. The van der Waals surface area contributed by atoms with E-state index >= 15 is 0 Å². The average molecular weight is 455 g/mol. The van der Waals surface area contributed by atoms with E-state index in [1.54, 1.807) is 44.7 Å². The van der Waals surface area contributed by atoms with Crippen LogP contribution in [0.1, 0.15) is 36.3 Å². The van der Waals surface area contributed by atoms with E-state index < -0.39 is 17.4 Å². The maximum atomic E-state index is 13.8. The van der Waals surface area contributed by atoms with Gasteiger partial charge in [0.1, 0.15) is 6.04 Å². The largest absolute Gasteiger partial charge is 0.480 e. The second-order valence-electron chi connectivity index (χ2n) is 8.84. The third-order valence-corrected chi connectivity index (χ3v) is 5.86. The van der Waals surface area contributed by atoms with Crippen molar-refractivity contribution in [2.75, 3.05) is 0 Å². The number of carbonyl (C=O) groups is 2. The first-order valence-corrected chi connectivity index (χ1v) is 10.9. The zero-order valence-electron chi connectivity index (χ0n) is 19.0. The first kappa shape index (κ1) is 23.1. The predicted molar refractivity (Wildman–Crippen MR) is 134 cm³/mol. The number of imidazole rings is 1. The molecule has 0 aliphatic heterocycles. The minimum Gasteiger partial charge on any atom is -0.480 e. The number of rotatable bonds is 8. The number of carbonyl (C=O) groups excluding carboxylic acids is 1. The van der Waals surface area contributed by atoms with Crippen LogP contribution in [-0.2, 0) is 4.79 Å². The van der Waals surface area contributed by atoms with E-state index in [9.17, 15) is 14.7 Å². The van der Waals surface area contributed by atoms with Gasteiger partial charge in [0.05, 0.1) is 23.9 Å².